The molecular formula is C11H12N2O3. The van der Waals surface area contributed by atoms with Crippen molar-refractivity contribution in [3.8, 4) is 5.88 Å². The maximum absolute atomic E-state index is 11.6. The van der Waals surface area contributed by atoms with E-state index in [1.807, 2.05) is 6.92 Å². The second kappa shape index (κ2) is 3.92. The molecule has 84 valence electrons. The summed E-state index contributed by atoms with van der Waals surface area (Å²) >= 11 is 0. The number of carbonyl (C=O) groups excluding carboxylic acids is 2. The number of amides is 1. The van der Waals surface area contributed by atoms with E-state index in [0.717, 1.165) is 5.56 Å². The predicted octanol–water partition coefficient (Wildman–Crippen LogP) is 0.704. The number of nitrogens with zero attached hydrogens (tertiary/aromatic N) is 2. The van der Waals surface area contributed by atoms with E-state index >= 15 is 0 Å². The predicted molar refractivity (Wildman–Crippen MR) is 57.5 cm³/mol. The van der Waals surface area contributed by atoms with Crippen molar-refractivity contribution in [2.75, 3.05) is 18.6 Å². The van der Waals surface area contributed by atoms with Crippen LogP contribution in [0.3, 0.4) is 0 Å². The first kappa shape index (κ1) is 10.6. The molecule has 5 nitrogen and oxygen atoms in total. The molecule has 2 rings (SSSR count). The molecule has 0 saturated carbocycles. The van der Waals surface area contributed by atoms with Crippen LogP contribution < -0.4 is 9.64 Å². The third-order valence-corrected chi connectivity index (χ3v) is 2.54. The van der Waals surface area contributed by atoms with Gasteiger partial charge in [0.2, 0.25) is 11.8 Å². The number of hydrogen-bond donors (Lipinski definition) is 0. The molecule has 0 spiro atoms. The van der Waals surface area contributed by atoms with Crippen molar-refractivity contribution < 1.29 is 14.3 Å². The van der Waals surface area contributed by atoms with E-state index in [1.165, 1.54) is 12.0 Å². The van der Waals surface area contributed by atoms with Gasteiger partial charge in [-0.3, -0.25) is 14.5 Å². The SMILES string of the molecule is COc1nccc(C)c1N1CC(=O)CC1=O. The molecule has 2 heterocycles. The summed E-state index contributed by atoms with van der Waals surface area (Å²) in [5.41, 5.74) is 1.47. The van der Waals surface area contributed by atoms with Gasteiger partial charge in [-0.15, -0.1) is 0 Å². The summed E-state index contributed by atoms with van der Waals surface area (Å²) in [4.78, 5) is 28.3. The number of Topliss-reactive ketones (excluding diaryl/α,β-unsaturated/α-hetero) is 1. The Bertz CT molecular complexity index is 457. The number of aryl methyl sites for hydroxylation is 1. The van der Waals surface area contributed by atoms with Crippen molar-refractivity contribution >= 4 is 17.4 Å². The first-order chi connectivity index (χ1) is 7.63. The number of aromatic nitrogens is 1. The van der Waals surface area contributed by atoms with Crippen LogP contribution in [0.15, 0.2) is 12.3 Å². The Morgan fingerprint density at radius 3 is 2.75 bits per heavy atom. The Morgan fingerprint density at radius 2 is 2.19 bits per heavy atom. The van der Waals surface area contributed by atoms with Crippen LogP contribution in [0, 0.1) is 6.92 Å². The molecule has 0 aliphatic carbocycles. The molecule has 5 heteroatoms. The maximum atomic E-state index is 11.6. The molecular weight excluding hydrogens is 208 g/mol. The van der Waals surface area contributed by atoms with Crippen molar-refractivity contribution in [1.29, 1.82) is 0 Å². The van der Waals surface area contributed by atoms with Gasteiger partial charge in [-0.25, -0.2) is 4.98 Å². The van der Waals surface area contributed by atoms with Crippen LogP contribution in [-0.2, 0) is 9.59 Å². The van der Waals surface area contributed by atoms with E-state index in [1.54, 1.807) is 12.3 Å². The second-order valence-corrected chi connectivity index (χ2v) is 3.68. The average Bonchev–Trinajstić information content (AvgIpc) is 2.57. The zero-order chi connectivity index (χ0) is 11.7. The van der Waals surface area contributed by atoms with Crippen LogP contribution in [0.2, 0.25) is 0 Å². The number of hydrogen-bond acceptors (Lipinski definition) is 4. The molecule has 0 unspecified atom stereocenters. The van der Waals surface area contributed by atoms with Gasteiger partial charge in [0, 0.05) is 6.20 Å². The van der Waals surface area contributed by atoms with Crippen LogP contribution >= 0.6 is 0 Å². The summed E-state index contributed by atoms with van der Waals surface area (Å²) in [5, 5.41) is 0. The summed E-state index contributed by atoms with van der Waals surface area (Å²) in [6.45, 7) is 1.97. The molecule has 1 aromatic rings. The van der Waals surface area contributed by atoms with E-state index in [0.29, 0.717) is 11.6 Å². The zero-order valence-corrected chi connectivity index (χ0v) is 9.19. The maximum Gasteiger partial charge on any atom is 0.238 e. The van der Waals surface area contributed by atoms with Crippen molar-refractivity contribution in [2.45, 2.75) is 13.3 Å². The fraction of sp³-hybridized carbons (Fsp3) is 0.364. The molecule has 0 N–H and O–H groups in total. The Hall–Kier alpha value is -1.91. The lowest BCUT2D eigenvalue weighted by atomic mass is 10.2. The molecule has 1 aromatic heterocycles. The lowest BCUT2D eigenvalue weighted by molar-refractivity contribution is -0.121. The van der Waals surface area contributed by atoms with Gasteiger partial charge in [-0.05, 0) is 18.6 Å². The van der Waals surface area contributed by atoms with E-state index < -0.39 is 0 Å². The van der Waals surface area contributed by atoms with Gasteiger partial charge >= 0.3 is 0 Å². The first-order valence-corrected chi connectivity index (χ1v) is 4.95. The highest BCUT2D eigenvalue weighted by Crippen LogP contribution is 2.31. The summed E-state index contributed by atoms with van der Waals surface area (Å²) in [6, 6.07) is 1.79. The molecule has 0 atom stereocenters. The Morgan fingerprint density at radius 1 is 1.44 bits per heavy atom. The highest BCUT2D eigenvalue weighted by Gasteiger charge is 2.31. The van der Waals surface area contributed by atoms with Crippen LogP contribution in [0.5, 0.6) is 5.88 Å². The molecule has 1 saturated heterocycles. The Kier molecular flexibility index (Phi) is 2.60. The van der Waals surface area contributed by atoms with Crippen LogP contribution in [0.1, 0.15) is 12.0 Å². The van der Waals surface area contributed by atoms with Crippen molar-refractivity contribution in [2.24, 2.45) is 0 Å². The third-order valence-electron chi connectivity index (χ3n) is 2.54. The number of ketones is 1. The molecule has 1 amide bonds. The van der Waals surface area contributed by atoms with Crippen molar-refractivity contribution in [1.82, 2.24) is 4.98 Å². The Balaban J connectivity index is 2.47. The van der Waals surface area contributed by atoms with Gasteiger partial charge in [0.15, 0.2) is 5.78 Å². The molecule has 1 aliphatic rings. The minimum Gasteiger partial charge on any atom is -0.480 e. The third kappa shape index (κ3) is 1.64. The normalized spacial score (nSPS) is 15.8. The summed E-state index contributed by atoms with van der Waals surface area (Å²) in [6.07, 6.45) is 1.58. The summed E-state index contributed by atoms with van der Waals surface area (Å²) in [5.74, 6) is 0.109. The smallest absolute Gasteiger partial charge is 0.238 e. The largest absolute Gasteiger partial charge is 0.480 e. The van der Waals surface area contributed by atoms with Crippen molar-refractivity contribution in [3.05, 3.63) is 17.8 Å². The van der Waals surface area contributed by atoms with E-state index in [4.69, 9.17) is 4.74 Å². The fourth-order valence-corrected chi connectivity index (χ4v) is 1.79. The van der Waals surface area contributed by atoms with Gasteiger partial charge in [0.25, 0.3) is 0 Å². The number of rotatable bonds is 2. The van der Waals surface area contributed by atoms with Crippen molar-refractivity contribution in [3.63, 3.8) is 0 Å². The van der Waals surface area contributed by atoms with Gasteiger partial charge in [0.05, 0.1) is 20.1 Å². The molecule has 1 aliphatic heterocycles. The summed E-state index contributed by atoms with van der Waals surface area (Å²) in [7, 11) is 1.49. The van der Waals surface area contributed by atoms with Gasteiger partial charge in [-0.1, -0.05) is 0 Å². The minimum atomic E-state index is -0.195. The van der Waals surface area contributed by atoms with Crippen LogP contribution in [0.25, 0.3) is 0 Å². The van der Waals surface area contributed by atoms with E-state index in [9.17, 15) is 9.59 Å². The summed E-state index contributed by atoms with van der Waals surface area (Å²) < 4.78 is 5.11. The molecule has 0 bridgehead atoms. The van der Waals surface area contributed by atoms with Crippen LogP contribution in [0.4, 0.5) is 5.69 Å². The monoisotopic (exact) mass is 220 g/mol. The second-order valence-electron chi connectivity index (χ2n) is 3.68. The number of ether oxygens (including phenoxy) is 1. The number of carbonyl (C=O) groups is 2. The first-order valence-electron chi connectivity index (χ1n) is 4.95. The molecule has 0 radical (unpaired) electrons. The quantitative estimate of drug-likeness (QED) is 0.688. The van der Waals surface area contributed by atoms with Gasteiger partial charge < -0.3 is 4.74 Å². The molecule has 16 heavy (non-hydrogen) atoms. The lowest BCUT2D eigenvalue weighted by Crippen LogP contribution is -2.26. The minimum absolute atomic E-state index is 0.0303. The van der Waals surface area contributed by atoms with Gasteiger partial charge in [-0.2, -0.15) is 0 Å². The number of anilines is 1. The Labute approximate surface area is 93.0 Å². The van der Waals surface area contributed by atoms with Crippen LogP contribution in [-0.4, -0.2) is 30.3 Å². The number of methoxy groups -OCH3 is 1. The topological polar surface area (TPSA) is 59.5 Å². The standard InChI is InChI=1S/C11H12N2O3/c1-7-3-4-12-11(16-2)10(7)13-6-8(14)5-9(13)15/h3-4H,5-6H2,1-2H3. The van der Waals surface area contributed by atoms with E-state index in [2.05, 4.69) is 4.98 Å². The molecule has 1 fully saturated rings. The van der Waals surface area contributed by atoms with E-state index in [-0.39, 0.29) is 24.7 Å². The zero-order valence-electron chi connectivity index (χ0n) is 9.19. The average molecular weight is 220 g/mol. The highest BCUT2D eigenvalue weighted by molar-refractivity contribution is 6.15. The fourth-order valence-electron chi connectivity index (χ4n) is 1.79. The van der Waals surface area contributed by atoms with Gasteiger partial charge in [0.1, 0.15) is 5.69 Å². The lowest BCUT2D eigenvalue weighted by Gasteiger charge is -2.19. The highest BCUT2D eigenvalue weighted by atomic mass is 16.5. The molecule has 0 aromatic carbocycles. The number of pyridine rings is 1.